The van der Waals surface area contributed by atoms with Crippen molar-refractivity contribution in [2.75, 3.05) is 36.4 Å². The molecule has 2 aromatic heterocycles. The Morgan fingerprint density at radius 3 is 2.50 bits per heavy atom. The SMILES string of the molecule is CC#CC(=O)N1CCN(c2ccc(-c3ccc4ncc(Cl)c(N[C@H](C)c5ccccc5F)c4c3)cn2)CC1. The van der Waals surface area contributed by atoms with E-state index in [0.29, 0.717) is 42.5 Å². The second-order valence-electron chi connectivity index (χ2n) is 9.16. The van der Waals surface area contributed by atoms with Gasteiger partial charge in [0, 0.05) is 55.1 Å². The molecule has 3 heterocycles. The highest BCUT2D eigenvalue weighted by molar-refractivity contribution is 6.34. The number of hydrogen-bond acceptors (Lipinski definition) is 5. The molecule has 0 aliphatic carbocycles. The van der Waals surface area contributed by atoms with Gasteiger partial charge in [-0.25, -0.2) is 9.37 Å². The van der Waals surface area contributed by atoms with Gasteiger partial charge in [-0.3, -0.25) is 9.78 Å². The van der Waals surface area contributed by atoms with Gasteiger partial charge in [0.1, 0.15) is 11.6 Å². The summed E-state index contributed by atoms with van der Waals surface area (Å²) < 4.78 is 14.4. The molecular formula is C30H27ClFN5O. The number of nitrogens with zero attached hydrogens (tertiary/aromatic N) is 4. The van der Waals surface area contributed by atoms with Crippen LogP contribution in [-0.4, -0.2) is 47.0 Å². The third-order valence-corrected chi connectivity index (χ3v) is 7.04. The number of amides is 1. The van der Waals surface area contributed by atoms with Crippen molar-refractivity contribution in [3.63, 3.8) is 0 Å². The van der Waals surface area contributed by atoms with Gasteiger partial charge < -0.3 is 15.1 Å². The largest absolute Gasteiger partial charge is 0.377 e. The van der Waals surface area contributed by atoms with Crippen LogP contribution >= 0.6 is 11.6 Å². The van der Waals surface area contributed by atoms with Crippen LogP contribution < -0.4 is 10.2 Å². The molecule has 6 nitrogen and oxygen atoms in total. The molecule has 4 aromatic rings. The van der Waals surface area contributed by atoms with Gasteiger partial charge in [-0.2, -0.15) is 0 Å². The molecule has 0 radical (unpaired) electrons. The Hall–Kier alpha value is -4.15. The van der Waals surface area contributed by atoms with E-state index in [1.54, 1.807) is 30.2 Å². The molecule has 1 fully saturated rings. The van der Waals surface area contributed by atoms with E-state index in [9.17, 15) is 9.18 Å². The number of anilines is 2. The minimum Gasteiger partial charge on any atom is -0.377 e. The number of benzene rings is 2. The highest BCUT2D eigenvalue weighted by Crippen LogP contribution is 2.35. The Balaban J connectivity index is 1.37. The summed E-state index contributed by atoms with van der Waals surface area (Å²) in [4.78, 5) is 25.1. The summed E-state index contributed by atoms with van der Waals surface area (Å²) >= 11 is 6.56. The standard InChI is InChI=1S/C30H27ClFN5O/c1-3-6-29(38)37-15-13-36(14-16-37)28-12-10-22(18-34-28)21-9-11-27-24(17-21)30(25(31)19-33-27)35-20(2)23-7-4-5-8-26(23)32/h4-5,7-12,17-20H,13-16H2,1-2H3,(H,33,35)/t20-/m1/s1. The topological polar surface area (TPSA) is 61.4 Å². The van der Waals surface area contributed by atoms with Gasteiger partial charge in [0.15, 0.2) is 0 Å². The number of hydrogen-bond donors (Lipinski definition) is 1. The van der Waals surface area contributed by atoms with Gasteiger partial charge in [-0.15, -0.1) is 0 Å². The van der Waals surface area contributed by atoms with Crippen molar-refractivity contribution in [1.29, 1.82) is 0 Å². The van der Waals surface area contributed by atoms with Crippen LogP contribution in [0.1, 0.15) is 25.5 Å². The molecule has 0 spiro atoms. The summed E-state index contributed by atoms with van der Waals surface area (Å²) in [6.45, 7) is 6.23. The Morgan fingerprint density at radius 2 is 1.79 bits per heavy atom. The maximum atomic E-state index is 14.4. The van der Waals surface area contributed by atoms with Crippen LogP contribution in [-0.2, 0) is 4.79 Å². The van der Waals surface area contributed by atoms with Crippen molar-refractivity contribution in [1.82, 2.24) is 14.9 Å². The molecule has 38 heavy (non-hydrogen) atoms. The first-order valence-corrected chi connectivity index (χ1v) is 12.8. The van der Waals surface area contributed by atoms with E-state index in [1.165, 1.54) is 6.07 Å². The first kappa shape index (κ1) is 25.5. The fourth-order valence-corrected chi connectivity index (χ4v) is 4.89. The van der Waals surface area contributed by atoms with E-state index in [1.807, 2.05) is 49.5 Å². The lowest BCUT2D eigenvalue weighted by Gasteiger charge is -2.34. The summed E-state index contributed by atoms with van der Waals surface area (Å²) in [5, 5.41) is 4.70. The van der Waals surface area contributed by atoms with Gasteiger partial charge in [-0.05, 0) is 55.7 Å². The predicted octanol–water partition coefficient (Wildman–Crippen LogP) is 5.93. The molecule has 0 bridgehead atoms. The summed E-state index contributed by atoms with van der Waals surface area (Å²) in [5.74, 6) is 5.75. The number of carbonyl (C=O) groups excluding carboxylic acids is 1. The van der Waals surface area contributed by atoms with Crippen LogP contribution in [0.4, 0.5) is 15.9 Å². The fraction of sp³-hybridized carbons (Fsp3) is 0.233. The zero-order chi connectivity index (χ0) is 26.6. The summed E-state index contributed by atoms with van der Waals surface area (Å²) in [5.41, 5.74) is 3.98. The molecule has 8 heteroatoms. The molecule has 1 aliphatic heterocycles. The fourth-order valence-electron chi connectivity index (χ4n) is 4.68. The van der Waals surface area contributed by atoms with Gasteiger partial charge in [0.05, 0.1) is 22.3 Å². The van der Waals surface area contributed by atoms with Crippen LogP contribution in [0.5, 0.6) is 0 Å². The van der Waals surface area contributed by atoms with Crippen LogP contribution in [0.25, 0.3) is 22.0 Å². The normalized spacial score (nSPS) is 14.1. The number of carbonyl (C=O) groups is 1. The second-order valence-corrected chi connectivity index (χ2v) is 9.57. The summed E-state index contributed by atoms with van der Waals surface area (Å²) in [6, 6.07) is 16.4. The molecule has 0 unspecified atom stereocenters. The van der Waals surface area contributed by atoms with Crippen LogP contribution in [0.3, 0.4) is 0 Å². The third-order valence-electron chi connectivity index (χ3n) is 6.76. The molecule has 1 atom stereocenters. The first-order chi connectivity index (χ1) is 18.4. The summed E-state index contributed by atoms with van der Waals surface area (Å²) in [6.07, 6.45) is 3.46. The number of piperazine rings is 1. The molecule has 1 N–H and O–H groups in total. The van der Waals surface area contributed by atoms with E-state index in [4.69, 9.17) is 16.6 Å². The molecule has 5 rings (SSSR count). The quantitative estimate of drug-likeness (QED) is 0.326. The molecule has 2 aromatic carbocycles. The lowest BCUT2D eigenvalue weighted by molar-refractivity contribution is -0.125. The van der Waals surface area contributed by atoms with Crippen molar-refractivity contribution in [3.05, 3.63) is 83.4 Å². The van der Waals surface area contributed by atoms with E-state index >= 15 is 0 Å². The van der Waals surface area contributed by atoms with Crippen molar-refractivity contribution in [2.45, 2.75) is 19.9 Å². The molecule has 1 amide bonds. The summed E-state index contributed by atoms with van der Waals surface area (Å²) in [7, 11) is 0. The molecule has 1 aliphatic rings. The molecule has 1 saturated heterocycles. The number of halogens is 2. The Labute approximate surface area is 226 Å². The Bertz CT molecular complexity index is 1540. The second kappa shape index (κ2) is 11.1. The van der Waals surface area contributed by atoms with E-state index < -0.39 is 0 Å². The highest BCUT2D eigenvalue weighted by atomic mass is 35.5. The minimum absolute atomic E-state index is 0.126. The van der Waals surface area contributed by atoms with E-state index in [2.05, 4.69) is 27.0 Å². The zero-order valence-corrected chi connectivity index (χ0v) is 22.0. The van der Waals surface area contributed by atoms with Gasteiger partial charge in [0.25, 0.3) is 5.91 Å². The first-order valence-electron chi connectivity index (χ1n) is 12.5. The van der Waals surface area contributed by atoms with Crippen molar-refractivity contribution in [3.8, 4) is 23.0 Å². The molecule has 192 valence electrons. The molecule has 0 saturated carbocycles. The smallest absolute Gasteiger partial charge is 0.298 e. The van der Waals surface area contributed by atoms with Crippen LogP contribution in [0, 0.1) is 17.7 Å². The minimum atomic E-state index is -0.298. The van der Waals surface area contributed by atoms with E-state index in [-0.39, 0.29) is 17.8 Å². The predicted molar refractivity (Wildman–Crippen MR) is 151 cm³/mol. The highest BCUT2D eigenvalue weighted by Gasteiger charge is 2.21. The third kappa shape index (κ3) is 5.27. The van der Waals surface area contributed by atoms with Gasteiger partial charge >= 0.3 is 0 Å². The van der Waals surface area contributed by atoms with Crippen molar-refractivity contribution < 1.29 is 9.18 Å². The zero-order valence-electron chi connectivity index (χ0n) is 21.2. The number of aromatic nitrogens is 2. The van der Waals surface area contributed by atoms with Crippen LogP contribution in [0.15, 0.2) is 67.0 Å². The monoisotopic (exact) mass is 527 g/mol. The van der Waals surface area contributed by atoms with Crippen LogP contribution in [0.2, 0.25) is 5.02 Å². The Morgan fingerprint density at radius 1 is 1.03 bits per heavy atom. The van der Waals surface area contributed by atoms with Gasteiger partial charge in [-0.1, -0.05) is 41.8 Å². The van der Waals surface area contributed by atoms with Crippen molar-refractivity contribution in [2.24, 2.45) is 0 Å². The molecular weight excluding hydrogens is 501 g/mol. The average molecular weight is 528 g/mol. The maximum Gasteiger partial charge on any atom is 0.298 e. The number of fused-ring (bicyclic) bond motifs is 1. The number of rotatable bonds is 5. The van der Waals surface area contributed by atoms with Gasteiger partial charge in [0.2, 0.25) is 0 Å². The van der Waals surface area contributed by atoms with Crippen molar-refractivity contribution >= 4 is 39.9 Å². The number of pyridine rings is 2. The van der Waals surface area contributed by atoms with E-state index in [0.717, 1.165) is 27.8 Å². The Kier molecular flexibility index (Phi) is 7.43. The lowest BCUT2D eigenvalue weighted by atomic mass is 10.0. The average Bonchev–Trinajstić information content (AvgIpc) is 2.95. The maximum absolute atomic E-state index is 14.4. The lowest BCUT2D eigenvalue weighted by Crippen LogP contribution is -2.48. The number of nitrogens with one attached hydrogen (secondary N) is 1.